The third-order valence-electron chi connectivity index (χ3n) is 21.1. The molecule has 8 atom stereocenters. The second-order valence-electron chi connectivity index (χ2n) is 34.9. The van der Waals surface area contributed by atoms with E-state index in [9.17, 15) is 116 Å². The van der Waals surface area contributed by atoms with Gasteiger partial charge in [-0.25, -0.2) is 108 Å². The van der Waals surface area contributed by atoms with Crippen molar-refractivity contribution in [2.75, 3.05) is 77.5 Å². The summed E-state index contributed by atoms with van der Waals surface area (Å²) in [6.07, 6.45) is 7.89. The minimum absolute atomic E-state index is 0. The van der Waals surface area contributed by atoms with Gasteiger partial charge in [-0.2, -0.15) is 0 Å². The molecule has 0 amide bonds. The number of carboxylic acid groups (broad SMARTS) is 3. The van der Waals surface area contributed by atoms with Gasteiger partial charge >= 0.3 is 43.7 Å². The van der Waals surface area contributed by atoms with Crippen molar-refractivity contribution in [1.82, 2.24) is 39.9 Å². The van der Waals surface area contributed by atoms with Crippen molar-refractivity contribution in [1.29, 1.82) is 0 Å². The largest absolute Gasteiger partial charge is 2.00 e. The van der Waals surface area contributed by atoms with Crippen LogP contribution in [0.5, 0.6) is 0 Å². The van der Waals surface area contributed by atoms with Gasteiger partial charge in [0.1, 0.15) is 29.8 Å². The molecule has 0 spiro atoms. The Morgan fingerprint density at radius 3 is 0.910 bits per heavy atom. The van der Waals surface area contributed by atoms with Gasteiger partial charge in [-0.05, 0) is 147 Å². The number of carbonyl (C=O) groups is 4. The Morgan fingerprint density at radius 2 is 0.701 bits per heavy atom. The second kappa shape index (κ2) is 55.5. The van der Waals surface area contributed by atoms with Crippen LogP contribution in [0.1, 0.15) is 195 Å². The molecule has 5 aromatic heterocycles. The van der Waals surface area contributed by atoms with E-state index in [1.165, 1.54) is 157 Å². The zero-order valence-electron chi connectivity index (χ0n) is 83.2. The van der Waals surface area contributed by atoms with E-state index in [0.29, 0.717) is 96.5 Å². The first kappa shape index (κ1) is 123. The number of sulfonamides is 4. The van der Waals surface area contributed by atoms with Crippen molar-refractivity contribution in [2.24, 2.45) is 0 Å². The molecule has 0 aliphatic carbocycles. The van der Waals surface area contributed by atoms with Crippen LogP contribution in [0.4, 0.5) is 41.4 Å². The molecule has 38 nitrogen and oxygen atoms in total. The summed E-state index contributed by atoms with van der Waals surface area (Å²) in [5.41, 5.74) is 11.3. The summed E-state index contributed by atoms with van der Waals surface area (Å²) < 4.78 is 177. The van der Waals surface area contributed by atoms with E-state index in [0.717, 1.165) is 54.5 Å². The number of aliphatic carboxylic acids is 3. The van der Waals surface area contributed by atoms with Crippen LogP contribution < -0.4 is 38.3 Å². The topological polar surface area (TPSA) is 580 Å². The quantitative estimate of drug-likeness (QED) is 0.0114. The van der Waals surface area contributed by atoms with E-state index >= 15 is 0 Å². The Bertz CT molecular complexity index is 6000. The maximum atomic E-state index is 13.7. The van der Waals surface area contributed by atoms with Crippen molar-refractivity contribution in [3.05, 3.63) is 214 Å². The van der Waals surface area contributed by atoms with E-state index < -0.39 is 155 Å². The van der Waals surface area contributed by atoms with E-state index in [1.807, 2.05) is 79.7 Å². The van der Waals surface area contributed by atoms with Gasteiger partial charge in [0.2, 0.25) is 63.9 Å². The molecule has 1 aliphatic rings. The number of anilines is 4. The van der Waals surface area contributed by atoms with Crippen LogP contribution >= 0.6 is 0 Å². The fourth-order valence-electron chi connectivity index (χ4n) is 13.6. The first-order valence-corrected chi connectivity index (χ1v) is 52.0. The summed E-state index contributed by atoms with van der Waals surface area (Å²) in [7, 11) is -7.91. The van der Waals surface area contributed by atoms with Crippen molar-refractivity contribution in [3.8, 4) is 45.0 Å². The summed E-state index contributed by atoms with van der Waals surface area (Å²) in [6.45, 7) is 19.3. The van der Waals surface area contributed by atoms with Gasteiger partial charge < -0.3 is 84.7 Å². The van der Waals surface area contributed by atoms with Gasteiger partial charge in [0.25, 0.3) is 0 Å². The number of hydrogen-bond donors (Lipinski definition) is 7. The summed E-state index contributed by atoms with van der Waals surface area (Å²) in [5.74, 6) is -7.24. The molecule has 144 heavy (non-hydrogen) atoms. The Hall–Kier alpha value is -11.1. The number of aliphatic hydroxyl groups excluding tert-OH is 6. The molecule has 1 fully saturated rings. The zero-order chi connectivity index (χ0) is 107. The number of hydrogen-bond acceptors (Lipinski definition) is 33. The third-order valence-corrected chi connectivity index (χ3v) is 25.8. The smallest absolute Gasteiger partial charge is 0.550 e. The predicted octanol–water partition coefficient (Wildman–Crippen LogP) is 7.13. The number of carbonyl (C=O) groups excluding carboxylic acids is 4. The Balaban J connectivity index is 0.000000329. The number of ether oxygens (including phenoxy) is 3. The van der Waals surface area contributed by atoms with Gasteiger partial charge in [0.05, 0.1) is 139 Å². The van der Waals surface area contributed by atoms with Crippen LogP contribution in [0.25, 0.3) is 69.3 Å². The molecule has 780 valence electrons. The summed E-state index contributed by atoms with van der Waals surface area (Å²) in [6, 6.07) is 26.0. The van der Waals surface area contributed by atoms with Gasteiger partial charge in [0, 0.05) is 136 Å². The third kappa shape index (κ3) is 39.1. The van der Waals surface area contributed by atoms with Gasteiger partial charge in [-0.15, -0.1) is 0 Å². The number of esters is 1. The minimum Gasteiger partial charge on any atom is -0.550 e. The molecule has 9 N–H and O–H groups in total. The number of aromatic nitrogens is 8. The van der Waals surface area contributed by atoms with Crippen LogP contribution in [-0.4, -0.2) is 281 Å². The van der Waals surface area contributed by atoms with Crippen molar-refractivity contribution in [2.45, 2.75) is 205 Å². The standard InChI is InChI=1S/C26H34FN3O6S.3C22H28FN3O6S.C5H7NO.Ca/c1-16(2)23-21(13-12-19-14-20(15-22(31)34-6)36-26(3,4)35-19)24(17-8-10-18(27)11-9-17)29-25(28-23)30(5)37(7,32)33;3*1-13(2)20-18(10-9-16(27)11-17(28)12-19(29)30)21(14-5-7-15(23)8-6-14)25-22(24-20)26(3)33(4,31)32;6-4-5-2-1-3-7-5;/h8-13,16,19-20H,14-15H2,1-7H3;3*5-10,13,16-17,27-28H,11-12H2,1-4H3,(H,29,30);1-3H,4,6H2;/q;;;;;+2/p-2/b13-12+;3*10-9+;;/t19-,20-;3*16-,17-;;/m1111../s1. The van der Waals surface area contributed by atoms with E-state index in [-0.39, 0.29) is 117 Å². The summed E-state index contributed by atoms with van der Waals surface area (Å²) in [5, 5.41) is 91.7. The van der Waals surface area contributed by atoms with E-state index in [2.05, 4.69) is 45.6 Å². The molecule has 47 heteroatoms. The van der Waals surface area contributed by atoms with E-state index in [1.54, 1.807) is 32.2 Å². The van der Waals surface area contributed by atoms with Crippen LogP contribution in [0.15, 0.2) is 144 Å². The molecule has 1 saturated heterocycles. The maximum Gasteiger partial charge on any atom is 2.00 e. The monoisotopic (exact) mass is 2110 g/mol. The Morgan fingerprint density at radius 1 is 0.444 bits per heavy atom. The fourth-order valence-corrected chi connectivity index (χ4v) is 15.1. The normalized spacial score (nSPS) is 15.1. The predicted molar refractivity (Wildman–Crippen MR) is 530 cm³/mol. The number of methoxy groups -OCH3 is 1. The number of rotatable bonds is 39. The minimum atomic E-state index is -3.66. The average molecular weight is 2120 g/mol. The van der Waals surface area contributed by atoms with Crippen LogP contribution in [0, 0.1) is 23.3 Å². The first-order valence-electron chi connectivity index (χ1n) is 44.6. The number of carboxylic acids is 3. The molecule has 6 heterocycles. The molecule has 9 aromatic rings. The fraction of sp³-hybridized carbons (Fsp3) is 0.423. The van der Waals surface area contributed by atoms with Gasteiger partial charge in [0.15, 0.2) is 11.5 Å². The van der Waals surface area contributed by atoms with Crippen LogP contribution in [0.3, 0.4) is 0 Å². The van der Waals surface area contributed by atoms with Crippen molar-refractivity contribution < 1.29 is 141 Å². The number of halogens is 4. The molecule has 0 bridgehead atoms. The van der Waals surface area contributed by atoms with Crippen LogP contribution in [-0.2, 0) is 80.0 Å². The van der Waals surface area contributed by atoms with Crippen molar-refractivity contribution in [3.63, 3.8) is 0 Å². The molecule has 4 aromatic carbocycles. The second-order valence-corrected chi connectivity index (χ2v) is 43.0. The molecule has 0 radical (unpaired) electrons. The van der Waals surface area contributed by atoms with E-state index in [4.69, 9.17) is 18.6 Å². The average Bonchev–Trinajstić information content (AvgIpc) is 0.822. The Labute approximate surface area is 865 Å². The number of aliphatic hydroxyl groups is 6. The molecule has 10 rings (SSSR count). The maximum absolute atomic E-state index is 13.7. The summed E-state index contributed by atoms with van der Waals surface area (Å²) >= 11 is 0. The molecular weight excluding hydrogens is 1990 g/mol. The molecule has 1 aliphatic heterocycles. The van der Waals surface area contributed by atoms with Gasteiger partial charge in [-0.3, -0.25) is 4.79 Å². The Kier molecular flexibility index (Phi) is 47.5. The first-order chi connectivity index (χ1) is 66.5. The van der Waals surface area contributed by atoms with Crippen LogP contribution in [0.2, 0.25) is 0 Å². The number of furan rings is 1. The molecular formula is C97H123CaF4N13O25S4. The molecule has 0 unspecified atom stereocenters. The number of benzene rings is 4. The van der Waals surface area contributed by atoms with Crippen molar-refractivity contribution >= 4 is 150 Å². The SMILES string of the molecule is CC(C)c1nc(N(C)S(C)(=O)=O)nc(-c2ccc(F)cc2)c1/C=C/[C@@H](O)C[C@@H](O)CC(=O)[O-].CC(C)c1nc(N(C)S(C)(=O)=O)nc(-c2ccc(F)cc2)c1/C=C/[C@@H](O)C[C@@H](O)CC(=O)[O-].CC(C)c1nc(N(C)S(C)(=O)=O)nc(-c2ccc(F)cc2)c1/C=C/[C@@H](O)C[C@@H](O)CC(=O)[O-].COC(=O)C[C@H]1C[C@@H](/C=C/c2c(-c3ccc(F)cc3)nc(N(C)S(C)(=O)=O)nc2C(C)C)OC(C)(C)O1.[Ca+2].[NH3+]Cc1ccco1. The summed E-state index contributed by atoms with van der Waals surface area (Å²) in [4.78, 5) is 79.3. The number of quaternary nitrogens is 1. The molecule has 0 saturated carbocycles. The number of nitrogens with zero attached hydrogens (tertiary/aromatic N) is 12. The zero-order valence-corrected chi connectivity index (χ0v) is 88.7. The van der Waals surface area contributed by atoms with Gasteiger partial charge in [-0.1, -0.05) is 104 Å².